The molecule has 3 rings (SSSR count). The molecule has 0 amide bonds. The number of methoxy groups -OCH3 is 1. The van der Waals surface area contributed by atoms with E-state index in [2.05, 4.69) is 37.0 Å². The third-order valence-corrected chi connectivity index (χ3v) is 6.80. The molecule has 9 heteroatoms. The van der Waals surface area contributed by atoms with Gasteiger partial charge in [-0.3, -0.25) is 4.79 Å². The molecular weight excluding hydrogens is 550 g/mol. The molecule has 0 saturated heterocycles. The number of benzene rings is 2. The minimum Gasteiger partial charge on any atom is -0.491 e. The third-order valence-electron chi connectivity index (χ3n) is 4.86. The molecular formula is C22H22Br2ClN3O3. The minimum absolute atomic E-state index is 0.0415. The molecule has 0 fully saturated rings. The van der Waals surface area contributed by atoms with Gasteiger partial charge in [-0.2, -0.15) is 9.78 Å². The van der Waals surface area contributed by atoms with E-state index in [9.17, 15) is 4.79 Å². The summed E-state index contributed by atoms with van der Waals surface area (Å²) in [6, 6.07) is 7.22. The Morgan fingerprint density at radius 1 is 1.29 bits per heavy atom. The van der Waals surface area contributed by atoms with Crippen LogP contribution in [0.1, 0.15) is 44.5 Å². The summed E-state index contributed by atoms with van der Waals surface area (Å²) in [5.41, 5.74) is 1.05. The van der Waals surface area contributed by atoms with E-state index in [1.165, 1.54) is 11.8 Å². The lowest BCUT2D eigenvalue weighted by molar-refractivity contribution is 0.311. The fraction of sp³-hybridized carbons (Fsp3) is 0.318. The Hall–Kier alpha value is -1.90. The Kier molecular flexibility index (Phi) is 7.78. The largest absolute Gasteiger partial charge is 0.491 e. The van der Waals surface area contributed by atoms with E-state index in [1.54, 1.807) is 18.3 Å². The van der Waals surface area contributed by atoms with Crippen LogP contribution >= 0.6 is 43.5 Å². The maximum atomic E-state index is 13.3. The molecule has 2 aromatic carbocycles. The Balaban J connectivity index is 2.21. The first-order chi connectivity index (χ1) is 14.8. The standard InChI is InChI=1S/C22H22Br2ClN3O3/c1-5-12(3)21-27-16-8-7-14(23)10-15(16)22(29)28(21)26-11-13-9-17(31-6-2)20(30-4)19(25)18(13)24/h7-12H,5-6H2,1-4H3/t12-/m1/s1. The van der Waals surface area contributed by atoms with Gasteiger partial charge in [0.15, 0.2) is 11.5 Å². The predicted octanol–water partition coefficient (Wildman–Crippen LogP) is 6.38. The van der Waals surface area contributed by atoms with Crippen LogP contribution < -0.4 is 15.0 Å². The molecule has 0 aliphatic heterocycles. The van der Waals surface area contributed by atoms with Gasteiger partial charge in [-0.05, 0) is 53.5 Å². The van der Waals surface area contributed by atoms with E-state index in [4.69, 9.17) is 26.1 Å². The summed E-state index contributed by atoms with van der Waals surface area (Å²) in [5.74, 6) is 1.57. The van der Waals surface area contributed by atoms with E-state index in [-0.39, 0.29) is 11.5 Å². The zero-order chi connectivity index (χ0) is 22.7. The van der Waals surface area contributed by atoms with E-state index < -0.39 is 0 Å². The lowest BCUT2D eigenvalue weighted by Gasteiger charge is -2.15. The molecule has 0 unspecified atom stereocenters. The van der Waals surface area contributed by atoms with Gasteiger partial charge in [-0.25, -0.2) is 4.98 Å². The van der Waals surface area contributed by atoms with Crippen molar-refractivity contribution in [3.8, 4) is 11.5 Å². The molecule has 0 aliphatic rings. The van der Waals surface area contributed by atoms with Crippen LogP contribution in [0.15, 0.2) is 43.1 Å². The quantitative estimate of drug-likeness (QED) is 0.309. The summed E-state index contributed by atoms with van der Waals surface area (Å²) in [4.78, 5) is 18.0. The maximum absolute atomic E-state index is 13.3. The van der Waals surface area contributed by atoms with Crippen LogP contribution in [0.2, 0.25) is 5.02 Å². The Morgan fingerprint density at radius 3 is 2.68 bits per heavy atom. The molecule has 1 aromatic heterocycles. The third kappa shape index (κ3) is 4.81. The topological polar surface area (TPSA) is 65.7 Å². The van der Waals surface area contributed by atoms with Crippen LogP contribution in [0.4, 0.5) is 0 Å². The summed E-state index contributed by atoms with van der Waals surface area (Å²) in [6.45, 7) is 6.39. The highest BCUT2D eigenvalue weighted by molar-refractivity contribution is 9.10. The Labute approximate surface area is 202 Å². The van der Waals surface area contributed by atoms with Gasteiger partial charge in [0, 0.05) is 20.4 Å². The van der Waals surface area contributed by atoms with Gasteiger partial charge in [-0.1, -0.05) is 41.4 Å². The average Bonchev–Trinajstić information content (AvgIpc) is 2.76. The number of rotatable bonds is 7. The number of ether oxygens (including phenoxy) is 2. The van der Waals surface area contributed by atoms with Crippen LogP contribution in [-0.4, -0.2) is 29.6 Å². The van der Waals surface area contributed by atoms with Gasteiger partial charge in [0.1, 0.15) is 10.8 Å². The molecule has 1 heterocycles. The number of halogens is 3. The van der Waals surface area contributed by atoms with Crippen LogP contribution in [-0.2, 0) is 0 Å². The lowest BCUT2D eigenvalue weighted by Crippen LogP contribution is -2.23. The zero-order valence-corrected chi connectivity index (χ0v) is 21.5. The number of fused-ring (bicyclic) bond motifs is 1. The molecule has 0 radical (unpaired) electrons. The number of hydrogen-bond donors (Lipinski definition) is 0. The van der Waals surface area contributed by atoms with E-state index >= 15 is 0 Å². The number of aromatic nitrogens is 2. The molecule has 1 atom stereocenters. The lowest BCUT2D eigenvalue weighted by atomic mass is 10.1. The SMILES string of the molecule is CCOc1cc(C=Nn2c([C@H](C)CC)nc3ccc(Br)cc3c2=O)c(Br)c(Cl)c1OC. The fourth-order valence-electron chi connectivity index (χ4n) is 3.05. The van der Waals surface area contributed by atoms with Crippen molar-refractivity contribution in [2.24, 2.45) is 5.10 Å². The fourth-order valence-corrected chi connectivity index (χ4v) is 4.09. The van der Waals surface area contributed by atoms with Gasteiger partial charge < -0.3 is 9.47 Å². The second-order valence-corrected chi connectivity index (χ2v) is 8.95. The highest BCUT2D eigenvalue weighted by Gasteiger charge is 2.18. The van der Waals surface area contributed by atoms with Crippen molar-refractivity contribution < 1.29 is 9.47 Å². The molecule has 0 spiro atoms. The van der Waals surface area contributed by atoms with Crippen molar-refractivity contribution in [1.82, 2.24) is 9.66 Å². The molecule has 0 bridgehead atoms. The molecule has 0 N–H and O–H groups in total. The van der Waals surface area contributed by atoms with Gasteiger partial charge in [0.05, 0.1) is 30.8 Å². The van der Waals surface area contributed by atoms with Crippen molar-refractivity contribution in [2.75, 3.05) is 13.7 Å². The number of hydrogen-bond acceptors (Lipinski definition) is 5. The zero-order valence-electron chi connectivity index (χ0n) is 17.6. The summed E-state index contributed by atoms with van der Waals surface area (Å²) >= 11 is 13.4. The second-order valence-electron chi connectivity index (χ2n) is 6.86. The first-order valence-electron chi connectivity index (χ1n) is 9.77. The minimum atomic E-state index is -0.237. The molecule has 6 nitrogen and oxygen atoms in total. The second kappa shape index (κ2) is 10.1. The maximum Gasteiger partial charge on any atom is 0.282 e. The molecule has 164 valence electrons. The van der Waals surface area contributed by atoms with E-state index in [0.29, 0.717) is 49.9 Å². The first-order valence-corrected chi connectivity index (χ1v) is 11.7. The van der Waals surface area contributed by atoms with Gasteiger partial charge in [0.2, 0.25) is 0 Å². The van der Waals surface area contributed by atoms with Crippen molar-refractivity contribution in [2.45, 2.75) is 33.1 Å². The van der Waals surface area contributed by atoms with Gasteiger partial charge in [-0.15, -0.1) is 0 Å². The van der Waals surface area contributed by atoms with Crippen molar-refractivity contribution in [3.05, 3.63) is 60.0 Å². The molecule has 31 heavy (non-hydrogen) atoms. The highest BCUT2D eigenvalue weighted by Crippen LogP contribution is 2.42. The van der Waals surface area contributed by atoms with Gasteiger partial charge in [0.25, 0.3) is 5.56 Å². The van der Waals surface area contributed by atoms with Crippen LogP contribution in [0.3, 0.4) is 0 Å². The van der Waals surface area contributed by atoms with Crippen LogP contribution in [0.5, 0.6) is 11.5 Å². The van der Waals surface area contributed by atoms with Crippen molar-refractivity contribution in [1.29, 1.82) is 0 Å². The summed E-state index contributed by atoms with van der Waals surface area (Å²) in [5, 5.41) is 5.35. The van der Waals surface area contributed by atoms with Crippen LogP contribution in [0.25, 0.3) is 10.9 Å². The van der Waals surface area contributed by atoms with E-state index in [1.807, 2.05) is 32.9 Å². The van der Waals surface area contributed by atoms with Crippen molar-refractivity contribution in [3.63, 3.8) is 0 Å². The highest BCUT2D eigenvalue weighted by atomic mass is 79.9. The Bertz CT molecular complexity index is 1210. The normalized spacial score (nSPS) is 12.5. The first kappa shape index (κ1) is 23.8. The van der Waals surface area contributed by atoms with Gasteiger partial charge >= 0.3 is 0 Å². The monoisotopic (exact) mass is 569 g/mol. The summed E-state index contributed by atoms with van der Waals surface area (Å²) in [6.07, 6.45) is 2.38. The smallest absolute Gasteiger partial charge is 0.282 e. The summed E-state index contributed by atoms with van der Waals surface area (Å²) in [7, 11) is 1.53. The predicted molar refractivity (Wildman–Crippen MR) is 132 cm³/mol. The van der Waals surface area contributed by atoms with Crippen LogP contribution in [0, 0.1) is 0 Å². The Morgan fingerprint density at radius 2 is 2.03 bits per heavy atom. The molecule has 0 saturated carbocycles. The summed E-state index contributed by atoms with van der Waals surface area (Å²) < 4.78 is 13.8. The van der Waals surface area contributed by atoms with Crippen molar-refractivity contribution >= 4 is 60.6 Å². The molecule has 3 aromatic rings. The number of nitrogens with zero attached hydrogens (tertiary/aromatic N) is 3. The molecule has 0 aliphatic carbocycles. The average molecular weight is 572 g/mol. The van der Waals surface area contributed by atoms with E-state index in [0.717, 1.165) is 10.9 Å².